The average Bonchev–Trinajstić information content (AvgIpc) is 2.95. The summed E-state index contributed by atoms with van der Waals surface area (Å²) in [7, 11) is 0. The van der Waals surface area contributed by atoms with E-state index in [0.29, 0.717) is 5.56 Å². The van der Waals surface area contributed by atoms with Crippen molar-refractivity contribution in [2.24, 2.45) is 0 Å². The molecule has 0 saturated heterocycles. The minimum Gasteiger partial charge on any atom is -0.474 e. The Morgan fingerprint density at radius 1 is 1.54 bits per heavy atom. The summed E-state index contributed by atoms with van der Waals surface area (Å²) in [5, 5.41) is 14.6. The van der Waals surface area contributed by atoms with Crippen molar-refractivity contribution >= 4 is 6.09 Å². The van der Waals surface area contributed by atoms with Crippen LogP contribution in [0.2, 0.25) is 0 Å². The second-order valence-electron chi connectivity index (χ2n) is 5.51. The zero-order valence-electron chi connectivity index (χ0n) is 12.6. The predicted molar refractivity (Wildman–Crippen MR) is 75.7 cm³/mol. The molecule has 10 heteroatoms. The maximum atomic E-state index is 12.8. The fourth-order valence-electron chi connectivity index (χ4n) is 2.25. The van der Waals surface area contributed by atoms with E-state index in [2.05, 4.69) is 20.4 Å². The van der Waals surface area contributed by atoms with Gasteiger partial charge in [-0.05, 0) is 13.0 Å². The highest BCUT2D eigenvalue weighted by Gasteiger charge is 2.47. The van der Waals surface area contributed by atoms with Crippen molar-refractivity contribution in [3.05, 3.63) is 24.2 Å². The van der Waals surface area contributed by atoms with Crippen LogP contribution < -0.4 is 10.1 Å². The highest BCUT2D eigenvalue weighted by molar-refractivity contribution is 5.65. The van der Waals surface area contributed by atoms with Gasteiger partial charge in [-0.25, -0.2) is 18.6 Å². The quantitative estimate of drug-likeness (QED) is 0.861. The van der Waals surface area contributed by atoms with Gasteiger partial charge in [-0.15, -0.1) is 0 Å². The molecule has 3 rings (SSSR count). The van der Waals surface area contributed by atoms with Gasteiger partial charge in [0.25, 0.3) is 5.92 Å². The first-order chi connectivity index (χ1) is 11.3. The lowest BCUT2D eigenvalue weighted by Crippen LogP contribution is -2.43. The molecule has 128 valence electrons. The summed E-state index contributed by atoms with van der Waals surface area (Å²) in [5.74, 6) is -2.16. The standard InChI is InChI=1S/C14H14F2N4O4/c1-7(18-13(21)22)12-19-11(20-24-12)8-2-3-17-10(4-8)23-9-5-14(15,16)6-9/h2-4,7,9,18H,5-6H2,1H3,(H,21,22). The molecule has 1 atom stereocenters. The van der Waals surface area contributed by atoms with Crippen molar-refractivity contribution in [3.8, 4) is 17.3 Å². The molecule has 0 spiro atoms. The number of halogens is 2. The van der Waals surface area contributed by atoms with Gasteiger partial charge < -0.3 is 19.7 Å². The number of carbonyl (C=O) groups is 1. The van der Waals surface area contributed by atoms with Gasteiger partial charge >= 0.3 is 6.09 Å². The van der Waals surface area contributed by atoms with E-state index in [1.807, 2.05) is 0 Å². The van der Waals surface area contributed by atoms with Crippen LogP contribution in [0.5, 0.6) is 5.88 Å². The number of rotatable bonds is 5. The first-order valence-electron chi connectivity index (χ1n) is 7.16. The van der Waals surface area contributed by atoms with E-state index < -0.39 is 24.2 Å². The summed E-state index contributed by atoms with van der Waals surface area (Å²) >= 11 is 0. The number of carboxylic acid groups (broad SMARTS) is 1. The molecule has 1 aliphatic carbocycles. The molecule has 2 aromatic rings. The highest BCUT2D eigenvalue weighted by atomic mass is 19.3. The first kappa shape index (κ1) is 16.1. The molecule has 2 heterocycles. The lowest BCUT2D eigenvalue weighted by Gasteiger charge is -2.34. The minimum atomic E-state index is -2.67. The fourth-order valence-corrected chi connectivity index (χ4v) is 2.25. The number of hydrogen-bond acceptors (Lipinski definition) is 6. The van der Waals surface area contributed by atoms with Crippen LogP contribution in [0.25, 0.3) is 11.4 Å². The van der Waals surface area contributed by atoms with Gasteiger partial charge in [-0.3, -0.25) is 0 Å². The number of pyridine rings is 1. The summed E-state index contributed by atoms with van der Waals surface area (Å²) in [6.07, 6.45) is -0.994. The number of nitrogens with zero attached hydrogens (tertiary/aromatic N) is 3. The maximum Gasteiger partial charge on any atom is 0.405 e. The highest BCUT2D eigenvalue weighted by Crippen LogP contribution is 2.39. The van der Waals surface area contributed by atoms with E-state index in [1.54, 1.807) is 13.0 Å². The summed E-state index contributed by atoms with van der Waals surface area (Å²) in [4.78, 5) is 18.7. The largest absolute Gasteiger partial charge is 0.474 e. The number of amides is 1. The number of nitrogens with one attached hydrogen (secondary N) is 1. The molecule has 0 aromatic carbocycles. The van der Waals surface area contributed by atoms with E-state index in [0.717, 1.165) is 0 Å². The van der Waals surface area contributed by atoms with Gasteiger partial charge in [-0.1, -0.05) is 5.16 Å². The lowest BCUT2D eigenvalue weighted by molar-refractivity contribution is -0.135. The van der Waals surface area contributed by atoms with Crippen molar-refractivity contribution in [2.45, 2.75) is 37.8 Å². The van der Waals surface area contributed by atoms with Gasteiger partial charge in [0.1, 0.15) is 12.1 Å². The Balaban J connectivity index is 1.70. The maximum absolute atomic E-state index is 12.8. The van der Waals surface area contributed by atoms with Crippen LogP contribution in [0.15, 0.2) is 22.9 Å². The molecule has 1 amide bonds. The van der Waals surface area contributed by atoms with Crippen LogP contribution >= 0.6 is 0 Å². The van der Waals surface area contributed by atoms with E-state index >= 15 is 0 Å². The molecular weight excluding hydrogens is 326 g/mol. The van der Waals surface area contributed by atoms with Gasteiger partial charge in [-0.2, -0.15) is 4.98 Å². The third kappa shape index (κ3) is 3.58. The number of ether oxygens (including phenoxy) is 1. The molecule has 0 radical (unpaired) electrons. The monoisotopic (exact) mass is 340 g/mol. The normalized spacial score (nSPS) is 17.8. The number of hydrogen-bond donors (Lipinski definition) is 2. The van der Waals surface area contributed by atoms with E-state index in [-0.39, 0.29) is 30.4 Å². The van der Waals surface area contributed by atoms with Crippen LogP contribution in [-0.2, 0) is 0 Å². The Morgan fingerprint density at radius 3 is 2.96 bits per heavy atom. The Labute approximate surface area is 134 Å². The summed E-state index contributed by atoms with van der Waals surface area (Å²) in [6, 6.07) is 2.45. The molecule has 1 saturated carbocycles. The van der Waals surface area contributed by atoms with Crippen molar-refractivity contribution in [3.63, 3.8) is 0 Å². The van der Waals surface area contributed by atoms with Crippen LogP contribution in [-0.4, -0.2) is 38.4 Å². The van der Waals surface area contributed by atoms with Gasteiger partial charge in [0.2, 0.25) is 17.6 Å². The molecule has 0 aliphatic heterocycles. The Morgan fingerprint density at radius 2 is 2.29 bits per heavy atom. The van der Waals surface area contributed by atoms with Gasteiger partial charge in [0.15, 0.2) is 0 Å². The first-order valence-corrected chi connectivity index (χ1v) is 7.16. The summed E-state index contributed by atoms with van der Waals surface area (Å²) in [6.45, 7) is 1.56. The minimum absolute atomic E-state index is 0.102. The van der Waals surface area contributed by atoms with E-state index in [1.165, 1.54) is 12.3 Å². The van der Waals surface area contributed by atoms with Gasteiger partial charge in [0, 0.05) is 30.7 Å². The van der Waals surface area contributed by atoms with Gasteiger partial charge in [0.05, 0.1) is 0 Å². The molecule has 1 aliphatic rings. The average molecular weight is 340 g/mol. The zero-order chi connectivity index (χ0) is 17.3. The second kappa shape index (κ2) is 6.02. The van der Waals surface area contributed by atoms with Crippen LogP contribution in [0.1, 0.15) is 31.7 Å². The van der Waals surface area contributed by atoms with Crippen LogP contribution in [0.4, 0.5) is 13.6 Å². The lowest BCUT2D eigenvalue weighted by atomic mass is 9.91. The van der Waals surface area contributed by atoms with Crippen molar-refractivity contribution in [1.29, 1.82) is 0 Å². The van der Waals surface area contributed by atoms with Crippen LogP contribution in [0.3, 0.4) is 0 Å². The Kier molecular flexibility index (Phi) is 4.04. The third-order valence-corrected chi connectivity index (χ3v) is 3.49. The predicted octanol–water partition coefficient (Wildman–Crippen LogP) is 2.64. The molecule has 1 unspecified atom stereocenters. The molecule has 2 aromatic heterocycles. The zero-order valence-corrected chi connectivity index (χ0v) is 12.6. The van der Waals surface area contributed by atoms with Crippen molar-refractivity contribution in [1.82, 2.24) is 20.4 Å². The van der Waals surface area contributed by atoms with Crippen molar-refractivity contribution in [2.75, 3.05) is 0 Å². The molecule has 0 bridgehead atoms. The SMILES string of the molecule is CC(NC(=O)O)c1nc(-c2ccnc(OC3CC(F)(F)C3)c2)no1. The number of alkyl halides is 2. The second-order valence-corrected chi connectivity index (χ2v) is 5.51. The number of aromatic nitrogens is 3. The molecule has 24 heavy (non-hydrogen) atoms. The fraction of sp³-hybridized carbons (Fsp3) is 0.429. The smallest absolute Gasteiger partial charge is 0.405 e. The third-order valence-electron chi connectivity index (χ3n) is 3.49. The summed E-state index contributed by atoms with van der Waals surface area (Å²) < 4.78 is 36.0. The molecule has 1 fully saturated rings. The Bertz CT molecular complexity index is 744. The topological polar surface area (TPSA) is 110 Å². The Hall–Kier alpha value is -2.78. The summed E-state index contributed by atoms with van der Waals surface area (Å²) in [5.41, 5.74) is 0.517. The van der Waals surface area contributed by atoms with Crippen molar-refractivity contribution < 1.29 is 27.9 Å². The van der Waals surface area contributed by atoms with E-state index in [9.17, 15) is 13.6 Å². The molecule has 8 nitrogen and oxygen atoms in total. The van der Waals surface area contributed by atoms with E-state index in [4.69, 9.17) is 14.4 Å². The van der Waals surface area contributed by atoms with Crippen LogP contribution in [0, 0.1) is 0 Å². The molecule has 2 N–H and O–H groups in total. The molecular formula is C14H14F2N4O4.